The molecule has 1 aliphatic rings. The largest absolute Gasteiger partial charge is 0.359 e. The minimum absolute atomic E-state index is 0.248. The van der Waals surface area contributed by atoms with Crippen LogP contribution < -0.4 is 0 Å². The first-order valence-electron chi connectivity index (χ1n) is 6.67. The van der Waals surface area contributed by atoms with Gasteiger partial charge >= 0.3 is 0 Å². The number of sulfonamides is 1. The highest BCUT2D eigenvalue weighted by Crippen LogP contribution is 2.34. The highest BCUT2D eigenvalue weighted by atomic mass is 32.2. The normalized spacial score (nSPS) is 18.7. The SMILES string of the molecule is CS(=O)(=O)N1CCC(c2c[nH]c3c(F)cccc23)CC1. The van der Waals surface area contributed by atoms with Crippen LogP contribution in [0.4, 0.5) is 4.39 Å². The van der Waals surface area contributed by atoms with E-state index in [1.165, 1.54) is 16.6 Å². The second-order valence-corrected chi connectivity index (χ2v) is 7.33. The molecule has 0 unspecified atom stereocenters. The minimum Gasteiger partial charge on any atom is -0.359 e. The molecule has 0 spiro atoms. The second-order valence-electron chi connectivity index (χ2n) is 5.34. The summed E-state index contributed by atoms with van der Waals surface area (Å²) in [6.07, 6.45) is 4.65. The molecule has 108 valence electrons. The van der Waals surface area contributed by atoms with E-state index in [-0.39, 0.29) is 11.7 Å². The van der Waals surface area contributed by atoms with Gasteiger partial charge < -0.3 is 4.98 Å². The van der Waals surface area contributed by atoms with Crippen molar-refractivity contribution in [3.05, 3.63) is 35.8 Å². The van der Waals surface area contributed by atoms with Crippen molar-refractivity contribution in [2.75, 3.05) is 19.3 Å². The average Bonchev–Trinajstić information content (AvgIpc) is 2.83. The fourth-order valence-corrected chi connectivity index (χ4v) is 3.85. The van der Waals surface area contributed by atoms with Crippen molar-refractivity contribution in [2.45, 2.75) is 18.8 Å². The van der Waals surface area contributed by atoms with Crippen LogP contribution in [-0.4, -0.2) is 37.1 Å². The molecule has 1 aromatic heterocycles. The summed E-state index contributed by atoms with van der Waals surface area (Å²) in [6, 6.07) is 5.06. The molecule has 6 heteroatoms. The summed E-state index contributed by atoms with van der Waals surface area (Å²) in [6.45, 7) is 1.07. The molecule has 2 aromatic rings. The van der Waals surface area contributed by atoms with Crippen LogP contribution >= 0.6 is 0 Å². The topological polar surface area (TPSA) is 53.2 Å². The molecule has 1 N–H and O–H groups in total. The van der Waals surface area contributed by atoms with E-state index in [4.69, 9.17) is 0 Å². The number of aromatic nitrogens is 1. The first kappa shape index (κ1) is 13.6. The summed E-state index contributed by atoms with van der Waals surface area (Å²) in [5, 5.41) is 0.905. The Bertz CT molecular complexity index is 731. The average molecular weight is 296 g/mol. The molecular formula is C14H17FN2O2S. The lowest BCUT2D eigenvalue weighted by Gasteiger charge is -2.30. The number of nitrogens with one attached hydrogen (secondary N) is 1. The van der Waals surface area contributed by atoms with E-state index in [1.807, 2.05) is 12.3 Å². The Morgan fingerprint density at radius 2 is 2.00 bits per heavy atom. The summed E-state index contributed by atoms with van der Waals surface area (Å²) in [4.78, 5) is 2.99. The number of benzene rings is 1. The molecule has 0 amide bonds. The number of rotatable bonds is 2. The van der Waals surface area contributed by atoms with Gasteiger partial charge in [-0.3, -0.25) is 0 Å². The van der Waals surface area contributed by atoms with Crippen LogP contribution in [0.3, 0.4) is 0 Å². The Morgan fingerprint density at radius 3 is 2.65 bits per heavy atom. The van der Waals surface area contributed by atoms with Gasteiger partial charge in [0.05, 0.1) is 11.8 Å². The molecule has 0 bridgehead atoms. The predicted octanol–water partition coefficient (Wildman–Crippen LogP) is 2.45. The molecule has 0 saturated carbocycles. The van der Waals surface area contributed by atoms with Crippen molar-refractivity contribution < 1.29 is 12.8 Å². The number of nitrogens with zero attached hydrogens (tertiary/aromatic N) is 1. The minimum atomic E-state index is -3.10. The van der Waals surface area contributed by atoms with Crippen LogP contribution in [0, 0.1) is 5.82 Å². The monoisotopic (exact) mass is 296 g/mol. The quantitative estimate of drug-likeness (QED) is 0.925. The fraction of sp³-hybridized carbons (Fsp3) is 0.429. The van der Waals surface area contributed by atoms with Crippen molar-refractivity contribution >= 4 is 20.9 Å². The molecule has 4 nitrogen and oxygen atoms in total. The summed E-state index contributed by atoms with van der Waals surface area (Å²) in [5.74, 6) is 0.0332. The molecule has 3 rings (SSSR count). The van der Waals surface area contributed by atoms with Crippen LogP contribution in [0.25, 0.3) is 10.9 Å². The maximum Gasteiger partial charge on any atom is 0.211 e. The Kier molecular flexibility index (Phi) is 3.30. The number of fused-ring (bicyclic) bond motifs is 1. The van der Waals surface area contributed by atoms with Crippen molar-refractivity contribution in [3.8, 4) is 0 Å². The van der Waals surface area contributed by atoms with Crippen molar-refractivity contribution in [1.82, 2.24) is 9.29 Å². The molecule has 1 aromatic carbocycles. The van der Waals surface area contributed by atoms with Crippen LogP contribution in [0.2, 0.25) is 0 Å². The van der Waals surface area contributed by atoms with E-state index >= 15 is 0 Å². The van der Waals surface area contributed by atoms with Crippen LogP contribution in [-0.2, 0) is 10.0 Å². The fourth-order valence-electron chi connectivity index (χ4n) is 2.98. The van der Waals surface area contributed by atoms with E-state index in [1.54, 1.807) is 6.07 Å². The number of hydrogen-bond acceptors (Lipinski definition) is 2. The van der Waals surface area contributed by atoms with Crippen molar-refractivity contribution in [3.63, 3.8) is 0 Å². The van der Waals surface area contributed by atoms with Gasteiger partial charge in [0.1, 0.15) is 5.82 Å². The number of piperidine rings is 1. The molecular weight excluding hydrogens is 279 g/mol. The lowest BCUT2D eigenvalue weighted by molar-refractivity contribution is 0.322. The van der Waals surface area contributed by atoms with Crippen LogP contribution in [0.5, 0.6) is 0 Å². The highest BCUT2D eigenvalue weighted by molar-refractivity contribution is 7.88. The molecule has 2 heterocycles. The first-order valence-corrected chi connectivity index (χ1v) is 8.52. The number of halogens is 1. The third kappa shape index (κ3) is 2.33. The summed E-state index contributed by atoms with van der Waals surface area (Å²) < 4.78 is 38.2. The third-order valence-electron chi connectivity index (χ3n) is 4.06. The smallest absolute Gasteiger partial charge is 0.211 e. The maximum atomic E-state index is 13.7. The van der Waals surface area contributed by atoms with E-state index < -0.39 is 10.0 Å². The first-order chi connectivity index (χ1) is 9.47. The van der Waals surface area contributed by atoms with E-state index in [9.17, 15) is 12.8 Å². The molecule has 1 fully saturated rings. The van der Waals surface area contributed by atoms with Crippen molar-refractivity contribution in [1.29, 1.82) is 0 Å². The molecule has 0 radical (unpaired) electrons. The highest BCUT2D eigenvalue weighted by Gasteiger charge is 2.27. The third-order valence-corrected chi connectivity index (χ3v) is 5.36. The van der Waals surface area contributed by atoms with Gasteiger partial charge in [-0.2, -0.15) is 0 Å². The lowest BCUT2D eigenvalue weighted by atomic mass is 9.90. The lowest BCUT2D eigenvalue weighted by Crippen LogP contribution is -2.37. The summed E-state index contributed by atoms with van der Waals surface area (Å²) in [5.41, 5.74) is 1.63. The van der Waals surface area contributed by atoms with E-state index in [2.05, 4.69) is 4.98 Å². The van der Waals surface area contributed by atoms with Crippen molar-refractivity contribution in [2.24, 2.45) is 0 Å². The van der Waals surface area contributed by atoms with Gasteiger partial charge in [-0.05, 0) is 30.4 Å². The maximum absolute atomic E-state index is 13.7. The zero-order valence-electron chi connectivity index (χ0n) is 11.3. The Hall–Kier alpha value is -1.40. The van der Waals surface area contributed by atoms with Gasteiger partial charge in [0.25, 0.3) is 0 Å². The number of para-hydroxylation sites is 1. The molecule has 1 aliphatic heterocycles. The van der Waals surface area contributed by atoms with Crippen LogP contribution in [0.1, 0.15) is 24.3 Å². The van der Waals surface area contributed by atoms with Gasteiger partial charge in [0.15, 0.2) is 0 Å². The van der Waals surface area contributed by atoms with Gasteiger partial charge in [-0.25, -0.2) is 17.1 Å². The Morgan fingerprint density at radius 1 is 1.30 bits per heavy atom. The molecule has 0 aliphatic carbocycles. The Labute approximate surface area is 117 Å². The van der Waals surface area contributed by atoms with E-state index in [0.717, 1.165) is 23.8 Å². The van der Waals surface area contributed by atoms with Gasteiger partial charge in [0, 0.05) is 24.7 Å². The predicted molar refractivity (Wildman–Crippen MR) is 76.6 cm³/mol. The zero-order valence-corrected chi connectivity index (χ0v) is 12.1. The zero-order chi connectivity index (χ0) is 14.3. The molecule has 1 saturated heterocycles. The number of H-pyrrole nitrogens is 1. The van der Waals surface area contributed by atoms with Gasteiger partial charge in [0.2, 0.25) is 10.0 Å². The summed E-state index contributed by atoms with van der Waals surface area (Å²) >= 11 is 0. The van der Waals surface area contributed by atoms with Crippen LogP contribution in [0.15, 0.2) is 24.4 Å². The van der Waals surface area contributed by atoms with Gasteiger partial charge in [-0.1, -0.05) is 12.1 Å². The molecule has 0 atom stereocenters. The van der Waals surface area contributed by atoms with E-state index in [0.29, 0.717) is 18.6 Å². The summed E-state index contributed by atoms with van der Waals surface area (Å²) in [7, 11) is -3.10. The standard InChI is InChI=1S/C14H17FN2O2S/c1-20(18,19)17-7-5-10(6-8-17)12-9-16-14-11(12)3-2-4-13(14)15/h2-4,9-10,16H,5-8H2,1H3. The van der Waals surface area contributed by atoms with Gasteiger partial charge in [-0.15, -0.1) is 0 Å². The second kappa shape index (κ2) is 4.86. The number of aromatic amines is 1. The number of hydrogen-bond donors (Lipinski definition) is 1. The molecule has 20 heavy (non-hydrogen) atoms. The Balaban J connectivity index is 1.86.